The van der Waals surface area contributed by atoms with Crippen molar-refractivity contribution in [3.05, 3.63) is 62.9 Å². The number of hydrogen-bond donors (Lipinski definition) is 1. The lowest BCUT2D eigenvalue weighted by atomic mass is 9.88. The Kier molecular flexibility index (Phi) is 5.22. The molecule has 1 aliphatic carbocycles. The van der Waals surface area contributed by atoms with Crippen molar-refractivity contribution in [2.24, 2.45) is 0 Å². The number of carbonyl (C=O) groups excluding carboxylic acids is 1. The molecule has 0 unspecified atom stereocenters. The summed E-state index contributed by atoms with van der Waals surface area (Å²) in [5, 5.41) is 9.95. The zero-order valence-corrected chi connectivity index (χ0v) is 17.2. The van der Waals surface area contributed by atoms with Crippen LogP contribution in [0.4, 0.5) is 4.79 Å². The van der Waals surface area contributed by atoms with Gasteiger partial charge in [0.05, 0.1) is 12.3 Å². The van der Waals surface area contributed by atoms with E-state index in [1.807, 2.05) is 31.3 Å². The van der Waals surface area contributed by atoms with Gasteiger partial charge in [0.2, 0.25) is 0 Å². The first-order valence-corrected chi connectivity index (χ1v) is 10.2. The van der Waals surface area contributed by atoms with Gasteiger partial charge in [-0.15, -0.1) is 0 Å². The second-order valence-corrected chi connectivity index (χ2v) is 7.78. The quantitative estimate of drug-likeness (QED) is 0.572. The molecule has 1 aromatic heterocycles. The van der Waals surface area contributed by atoms with E-state index in [0.717, 1.165) is 45.3 Å². The van der Waals surface area contributed by atoms with Gasteiger partial charge in [-0.05, 0) is 65.0 Å². The predicted molar refractivity (Wildman–Crippen MR) is 113 cm³/mol. The number of benzene rings is 1. The van der Waals surface area contributed by atoms with Crippen LogP contribution in [0.1, 0.15) is 42.1 Å². The van der Waals surface area contributed by atoms with Gasteiger partial charge in [-0.25, -0.2) is 4.79 Å². The molecule has 6 heteroatoms. The van der Waals surface area contributed by atoms with Crippen LogP contribution in [-0.4, -0.2) is 40.8 Å². The van der Waals surface area contributed by atoms with Crippen LogP contribution in [0.3, 0.4) is 0 Å². The maximum atomic E-state index is 12.0. The number of fused-ring (bicyclic) bond motifs is 2. The maximum absolute atomic E-state index is 12.0. The minimum atomic E-state index is -0.248. The number of amides is 1. The van der Waals surface area contributed by atoms with E-state index in [1.54, 1.807) is 17.0 Å². The number of phenols is 1. The number of aromatic nitrogens is 1. The smallest absolute Gasteiger partial charge is 0.409 e. The van der Waals surface area contributed by atoms with Crippen LogP contribution in [0.15, 0.2) is 40.5 Å². The number of nitrogens with zero attached hydrogens (tertiary/aromatic N) is 2. The summed E-state index contributed by atoms with van der Waals surface area (Å²) < 4.78 is 6.06. The maximum Gasteiger partial charge on any atom is 0.409 e. The normalized spacial score (nSPS) is 15.7. The minimum Gasteiger partial charge on any atom is -0.508 e. The van der Waals surface area contributed by atoms with Gasteiger partial charge < -0.3 is 14.7 Å². The fourth-order valence-corrected chi connectivity index (χ4v) is 4.14. The van der Waals surface area contributed by atoms with Crippen LogP contribution in [0.2, 0.25) is 0 Å². The van der Waals surface area contributed by atoms with Crippen molar-refractivity contribution in [1.29, 1.82) is 0 Å². The number of ether oxygens (including phenoxy) is 1. The Balaban J connectivity index is 1.79. The molecular weight excluding hydrogens is 420 g/mol. The standard InChI is InChI=1S/C22H21BrN2O3/c1-2-28-22(27)25-9-7-14(8-10-25)20-19-6-5-18(26)12-15(19)3-4-16-11-17(23)13-24-21(16)20/h3-6,11-13,26H,2,7-10H2,1H3. The van der Waals surface area contributed by atoms with E-state index in [-0.39, 0.29) is 11.8 Å². The molecule has 1 fully saturated rings. The van der Waals surface area contributed by atoms with Crippen LogP contribution in [0, 0.1) is 0 Å². The minimum absolute atomic E-state index is 0.241. The lowest BCUT2D eigenvalue weighted by Crippen LogP contribution is -2.37. The average Bonchev–Trinajstić information content (AvgIpc) is 2.84. The molecule has 2 heterocycles. The first kappa shape index (κ1) is 18.7. The van der Waals surface area contributed by atoms with Gasteiger partial charge in [0.15, 0.2) is 0 Å². The van der Waals surface area contributed by atoms with Gasteiger partial charge >= 0.3 is 6.09 Å². The van der Waals surface area contributed by atoms with Crippen molar-refractivity contribution in [2.45, 2.75) is 19.8 Å². The van der Waals surface area contributed by atoms with E-state index in [1.165, 1.54) is 5.57 Å². The summed E-state index contributed by atoms with van der Waals surface area (Å²) in [4.78, 5) is 18.5. The third-order valence-corrected chi connectivity index (χ3v) is 5.55. The number of hydrogen-bond acceptors (Lipinski definition) is 4. The van der Waals surface area contributed by atoms with Crippen LogP contribution in [0.25, 0.3) is 17.7 Å². The summed E-state index contributed by atoms with van der Waals surface area (Å²) in [5.74, 6) is 0.241. The molecule has 0 atom stereocenters. The molecular formula is C22H21BrN2O3. The highest BCUT2D eigenvalue weighted by Crippen LogP contribution is 2.39. The third kappa shape index (κ3) is 3.56. The fourth-order valence-electron chi connectivity index (χ4n) is 3.80. The molecule has 1 amide bonds. The van der Waals surface area contributed by atoms with Crippen molar-refractivity contribution in [2.75, 3.05) is 19.7 Å². The van der Waals surface area contributed by atoms with Crippen molar-refractivity contribution in [1.82, 2.24) is 9.88 Å². The monoisotopic (exact) mass is 440 g/mol. The molecule has 2 aliphatic rings. The van der Waals surface area contributed by atoms with Crippen molar-refractivity contribution >= 4 is 39.7 Å². The van der Waals surface area contributed by atoms with E-state index < -0.39 is 0 Å². The fraction of sp³-hybridized carbons (Fsp3) is 0.273. The number of halogens is 1. The van der Waals surface area contributed by atoms with Gasteiger partial charge in [0.25, 0.3) is 0 Å². The van der Waals surface area contributed by atoms with Crippen molar-refractivity contribution < 1.29 is 14.6 Å². The third-order valence-electron chi connectivity index (χ3n) is 5.11. The average molecular weight is 441 g/mol. The lowest BCUT2D eigenvalue weighted by molar-refractivity contribution is 0.104. The summed E-state index contributed by atoms with van der Waals surface area (Å²) >= 11 is 3.51. The van der Waals surface area contributed by atoms with Crippen molar-refractivity contribution in [3.8, 4) is 5.75 Å². The molecule has 28 heavy (non-hydrogen) atoms. The number of carbonyl (C=O) groups is 1. The number of pyridine rings is 1. The summed E-state index contributed by atoms with van der Waals surface area (Å²) in [6.45, 7) is 3.47. The van der Waals surface area contributed by atoms with Crippen LogP contribution >= 0.6 is 15.9 Å². The van der Waals surface area contributed by atoms with E-state index in [2.05, 4.69) is 22.0 Å². The highest BCUT2D eigenvalue weighted by molar-refractivity contribution is 9.10. The van der Waals surface area contributed by atoms with E-state index >= 15 is 0 Å². The predicted octanol–water partition coefficient (Wildman–Crippen LogP) is 5.09. The Hall–Kier alpha value is -2.60. The topological polar surface area (TPSA) is 62.7 Å². The molecule has 2 aromatic rings. The number of likely N-dealkylation sites (tertiary alicyclic amines) is 1. The van der Waals surface area contributed by atoms with Crippen LogP contribution < -0.4 is 0 Å². The Morgan fingerprint density at radius 3 is 2.71 bits per heavy atom. The van der Waals surface area contributed by atoms with E-state index in [9.17, 15) is 9.90 Å². The number of piperidine rings is 1. The molecule has 1 saturated heterocycles. The van der Waals surface area contributed by atoms with E-state index in [4.69, 9.17) is 9.72 Å². The number of phenolic OH excluding ortho intramolecular Hbond substituents is 1. The van der Waals surface area contributed by atoms with Gasteiger partial charge in [0.1, 0.15) is 5.75 Å². The Morgan fingerprint density at radius 1 is 1.21 bits per heavy atom. The number of aromatic hydroxyl groups is 1. The summed E-state index contributed by atoms with van der Waals surface area (Å²) in [6, 6.07) is 7.50. The van der Waals surface area contributed by atoms with Gasteiger partial charge in [-0.1, -0.05) is 23.8 Å². The zero-order valence-electron chi connectivity index (χ0n) is 15.6. The first-order valence-electron chi connectivity index (χ1n) is 9.38. The van der Waals surface area contributed by atoms with Gasteiger partial charge in [-0.3, -0.25) is 4.98 Å². The Labute approximate surface area is 172 Å². The highest BCUT2D eigenvalue weighted by Gasteiger charge is 2.26. The lowest BCUT2D eigenvalue weighted by Gasteiger charge is -2.29. The second-order valence-electron chi connectivity index (χ2n) is 6.86. The summed E-state index contributed by atoms with van der Waals surface area (Å²) in [7, 11) is 0. The zero-order chi connectivity index (χ0) is 19.7. The number of rotatable bonds is 1. The summed E-state index contributed by atoms with van der Waals surface area (Å²) in [6.07, 6.45) is 7.15. The molecule has 0 spiro atoms. The van der Waals surface area contributed by atoms with Crippen LogP contribution in [-0.2, 0) is 4.74 Å². The molecule has 144 valence electrons. The molecule has 0 radical (unpaired) electrons. The van der Waals surface area contributed by atoms with Crippen molar-refractivity contribution in [3.63, 3.8) is 0 Å². The van der Waals surface area contributed by atoms with Gasteiger partial charge in [-0.2, -0.15) is 0 Å². The molecule has 1 aromatic carbocycles. The molecule has 0 saturated carbocycles. The van der Waals surface area contributed by atoms with E-state index in [0.29, 0.717) is 19.7 Å². The van der Waals surface area contributed by atoms with Gasteiger partial charge in [0, 0.05) is 34.9 Å². The Bertz CT molecular complexity index is 930. The highest BCUT2D eigenvalue weighted by atomic mass is 79.9. The Morgan fingerprint density at radius 2 is 1.96 bits per heavy atom. The molecule has 4 rings (SSSR count). The summed E-state index contributed by atoms with van der Waals surface area (Å²) in [5.41, 5.74) is 6.36. The SMILES string of the molecule is CCOC(=O)N1CCC(=C2c3ccc(O)cc3C=Cc3cc(Br)cnc32)CC1. The molecule has 5 nitrogen and oxygen atoms in total. The second kappa shape index (κ2) is 7.80. The molecule has 1 aliphatic heterocycles. The molecule has 1 N–H and O–H groups in total. The van der Waals surface area contributed by atoms with Crippen LogP contribution in [0.5, 0.6) is 5.75 Å². The molecule has 0 bridgehead atoms. The largest absolute Gasteiger partial charge is 0.508 e. The first-order chi connectivity index (χ1) is 13.6.